The van der Waals surface area contributed by atoms with E-state index in [-0.39, 0.29) is 33.6 Å². The normalized spacial score (nSPS) is 16.0. The van der Waals surface area contributed by atoms with Gasteiger partial charge in [-0.1, -0.05) is 53.5 Å². The molecule has 2 aromatic carbocycles. The Balaban J connectivity index is 2.06. The molecule has 2 aromatic rings. The van der Waals surface area contributed by atoms with E-state index in [1.807, 2.05) is 0 Å². The van der Waals surface area contributed by atoms with E-state index in [4.69, 9.17) is 33.0 Å². The number of ether oxygens (including phenoxy) is 1. The number of rotatable bonds is 3. The van der Waals surface area contributed by atoms with Crippen LogP contribution in [0.25, 0.3) is 0 Å². The summed E-state index contributed by atoms with van der Waals surface area (Å²) in [5, 5.41) is 9.18. The van der Waals surface area contributed by atoms with Crippen molar-refractivity contribution in [3.63, 3.8) is 0 Å². The SMILES string of the molecule is O=C(c1ccccc1)c1cc2c(c(Cl)c1Cl)OC(C(=O)O)C2. The van der Waals surface area contributed by atoms with E-state index in [0.717, 1.165) is 0 Å². The zero-order valence-electron chi connectivity index (χ0n) is 11.2. The Kier molecular flexibility index (Phi) is 3.81. The Labute approximate surface area is 136 Å². The predicted molar refractivity (Wildman–Crippen MR) is 82.1 cm³/mol. The number of aliphatic carboxylic acids is 1. The summed E-state index contributed by atoms with van der Waals surface area (Å²) < 4.78 is 5.29. The molecule has 22 heavy (non-hydrogen) atoms. The standard InChI is InChI=1S/C16H10Cl2O4/c17-12-10(14(19)8-4-2-1-3-5-8)6-9-7-11(16(20)21)22-15(9)13(12)18/h1-6,11H,7H2,(H,20,21). The Bertz CT molecular complexity index is 771. The van der Waals surface area contributed by atoms with Crippen LogP contribution in [0, 0.1) is 0 Å². The van der Waals surface area contributed by atoms with Gasteiger partial charge in [-0.2, -0.15) is 0 Å². The highest BCUT2D eigenvalue weighted by atomic mass is 35.5. The highest BCUT2D eigenvalue weighted by Gasteiger charge is 2.33. The second-order valence-corrected chi connectivity index (χ2v) is 5.64. The lowest BCUT2D eigenvalue weighted by Gasteiger charge is -2.10. The second kappa shape index (κ2) is 5.63. The van der Waals surface area contributed by atoms with E-state index in [1.54, 1.807) is 36.4 Å². The third-order valence-electron chi connectivity index (χ3n) is 3.46. The molecule has 1 unspecified atom stereocenters. The van der Waals surface area contributed by atoms with Crippen LogP contribution in [0.15, 0.2) is 36.4 Å². The van der Waals surface area contributed by atoms with Crippen LogP contribution in [0.4, 0.5) is 0 Å². The summed E-state index contributed by atoms with van der Waals surface area (Å²) in [6, 6.07) is 10.2. The van der Waals surface area contributed by atoms with Gasteiger partial charge in [-0.15, -0.1) is 0 Å². The van der Waals surface area contributed by atoms with Gasteiger partial charge in [-0.3, -0.25) is 4.79 Å². The Morgan fingerprint density at radius 1 is 1.14 bits per heavy atom. The van der Waals surface area contributed by atoms with Crippen molar-refractivity contribution in [1.29, 1.82) is 0 Å². The lowest BCUT2D eigenvalue weighted by Crippen LogP contribution is -2.24. The third-order valence-corrected chi connectivity index (χ3v) is 4.31. The molecule has 0 amide bonds. The molecule has 0 radical (unpaired) electrons. The lowest BCUT2D eigenvalue weighted by atomic mass is 9.99. The van der Waals surface area contributed by atoms with E-state index in [1.165, 1.54) is 0 Å². The summed E-state index contributed by atoms with van der Waals surface area (Å²) in [5.74, 6) is -1.11. The molecule has 1 heterocycles. The maximum Gasteiger partial charge on any atom is 0.345 e. The number of carbonyl (C=O) groups excluding carboxylic acids is 1. The number of carboxylic acid groups (broad SMARTS) is 1. The largest absolute Gasteiger partial charge is 0.478 e. The number of benzene rings is 2. The first-order valence-corrected chi connectivity index (χ1v) is 7.24. The Hall–Kier alpha value is -2.04. The number of halogens is 2. The molecule has 0 saturated heterocycles. The van der Waals surface area contributed by atoms with E-state index in [2.05, 4.69) is 0 Å². The number of hydrogen-bond donors (Lipinski definition) is 1. The average molecular weight is 337 g/mol. The number of carbonyl (C=O) groups is 2. The lowest BCUT2D eigenvalue weighted by molar-refractivity contribution is -0.144. The molecule has 1 N–H and O–H groups in total. The number of carboxylic acids is 1. The molecule has 0 aromatic heterocycles. The fraction of sp³-hybridized carbons (Fsp3) is 0.125. The molecule has 1 aliphatic rings. The topological polar surface area (TPSA) is 63.6 Å². The summed E-state index contributed by atoms with van der Waals surface area (Å²) in [5.41, 5.74) is 1.29. The van der Waals surface area contributed by atoms with E-state index >= 15 is 0 Å². The molecule has 0 aliphatic carbocycles. The highest BCUT2D eigenvalue weighted by Crippen LogP contribution is 2.43. The van der Waals surface area contributed by atoms with Crippen molar-refractivity contribution in [3.05, 3.63) is 63.1 Å². The van der Waals surface area contributed by atoms with Crippen LogP contribution in [0.1, 0.15) is 21.5 Å². The van der Waals surface area contributed by atoms with Gasteiger partial charge in [-0.25, -0.2) is 4.79 Å². The summed E-state index contributed by atoms with van der Waals surface area (Å²) in [6.45, 7) is 0. The summed E-state index contributed by atoms with van der Waals surface area (Å²) in [6.07, 6.45) is -0.859. The van der Waals surface area contributed by atoms with Crippen molar-refractivity contribution in [2.45, 2.75) is 12.5 Å². The van der Waals surface area contributed by atoms with Gasteiger partial charge in [0.25, 0.3) is 0 Å². The smallest absolute Gasteiger partial charge is 0.345 e. The molecule has 1 atom stereocenters. The molecule has 1 aliphatic heterocycles. The van der Waals surface area contributed by atoms with Crippen LogP contribution in [0.2, 0.25) is 10.0 Å². The molecule has 3 rings (SSSR count). The Morgan fingerprint density at radius 2 is 1.82 bits per heavy atom. The van der Waals surface area contributed by atoms with Gasteiger partial charge in [0.15, 0.2) is 11.9 Å². The van der Waals surface area contributed by atoms with Crippen molar-refractivity contribution >= 4 is 35.0 Å². The first kappa shape index (κ1) is 14.9. The van der Waals surface area contributed by atoms with Crippen LogP contribution in [-0.4, -0.2) is 23.0 Å². The molecule has 0 fully saturated rings. The van der Waals surface area contributed by atoms with Crippen molar-refractivity contribution < 1.29 is 19.4 Å². The van der Waals surface area contributed by atoms with Gasteiger partial charge in [0.2, 0.25) is 0 Å². The molecule has 0 spiro atoms. The zero-order chi connectivity index (χ0) is 15.9. The van der Waals surface area contributed by atoms with Crippen molar-refractivity contribution in [2.75, 3.05) is 0 Å². The second-order valence-electron chi connectivity index (χ2n) is 4.88. The molecule has 0 saturated carbocycles. The van der Waals surface area contributed by atoms with Crippen molar-refractivity contribution in [1.82, 2.24) is 0 Å². The fourth-order valence-corrected chi connectivity index (χ4v) is 2.87. The van der Waals surface area contributed by atoms with Gasteiger partial charge in [0, 0.05) is 23.1 Å². The van der Waals surface area contributed by atoms with Crippen molar-refractivity contribution in [2.24, 2.45) is 0 Å². The average Bonchev–Trinajstić information content (AvgIpc) is 2.95. The molecule has 6 heteroatoms. The molecule has 0 bridgehead atoms. The maximum atomic E-state index is 12.5. The number of ketones is 1. The maximum absolute atomic E-state index is 12.5. The third kappa shape index (κ3) is 2.45. The minimum absolute atomic E-state index is 0.0697. The molecule has 4 nitrogen and oxygen atoms in total. The fourth-order valence-electron chi connectivity index (χ4n) is 2.37. The minimum Gasteiger partial charge on any atom is -0.478 e. The van der Waals surface area contributed by atoms with Gasteiger partial charge < -0.3 is 9.84 Å². The predicted octanol–water partition coefficient (Wildman–Crippen LogP) is 3.61. The minimum atomic E-state index is -1.08. The Morgan fingerprint density at radius 3 is 2.45 bits per heavy atom. The molecular formula is C16H10Cl2O4. The van der Waals surface area contributed by atoms with E-state index < -0.39 is 12.1 Å². The van der Waals surface area contributed by atoms with Crippen LogP contribution < -0.4 is 4.74 Å². The molecule has 112 valence electrons. The van der Waals surface area contributed by atoms with E-state index in [9.17, 15) is 9.59 Å². The number of hydrogen-bond acceptors (Lipinski definition) is 3. The van der Waals surface area contributed by atoms with Crippen molar-refractivity contribution in [3.8, 4) is 5.75 Å². The first-order valence-electron chi connectivity index (χ1n) is 6.49. The van der Waals surface area contributed by atoms with Crippen LogP contribution in [0.3, 0.4) is 0 Å². The monoisotopic (exact) mass is 336 g/mol. The van der Waals surface area contributed by atoms with Crippen LogP contribution in [0.5, 0.6) is 5.75 Å². The van der Waals surface area contributed by atoms with E-state index in [0.29, 0.717) is 11.1 Å². The summed E-state index contributed by atoms with van der Waals surface area (Å²) in [7, 11) is 0. The molecular weight excluding hydrogens is 327 g/mol. The first-order chi connectivity index (χ1) is 10.5. The highest BCUT2D eigenvalue weighted by molar-refractivity contribution is 6.45. The van der Waals surface area contributed by atoms with Crippen LogP contribution in [-0.2, 0) is 11.2 Å². The van der Waals surface area contributed by atoms with Crippen LogP contribution >= 0.6 is 23.2 Å². The van der Waals surface area contributed by atoms with Gasteiger partial charge in [0.05, 0.1) is 5.02 Å². The van der Waals surface area contributed by atoms with Gasteiger partial charge >= 0.3 is 5.97 Å². The zero-order valence-corrected chi connectivity index (χ0v) is 12.7. The summed E-state index contributed by atoms with van der Waals surface area (Å²) in [4.78, 5) is 23.6. The quantitative estimate of drug-likeness (QED) is 0.869. The van der Waals surface area contributed by atoms with Gasteiger partial charge in [-0.05, 0) is 6.07 Å². The number of fused-ring (bicyclic) bond motifs is 1. The summed E-state index contributed by atoms with van der Waals surface area (Å²) >= 11 is 12.3. The van der Waals surface area contributed by atoms with Gasteiger partial charge in [0.1, 0.15) is 10.8 Å².